The summed E-state index contributed by atoms with van der Waals surface area (Å²) in [6, 6.07) is 3.24. The van der Waals surface area contributed by atoms with Crippen LogP contribution in [-0.4, -0.2) is 14.9 Å². The van der Waals surface area contributed by atoms with Crippen LogP contribution < -0.4 is 5.30 Å². The van der Waals surface area contributed by atoms with E-state index in [2.05, 4.69) is 0 Å². The van der Waals surface area contributed by atoms with Crippen molar-refractivity contribution in [1.29, 1.82) is 0 Å². The SMILES string of the molecule is CC(C)(C)c1cc(C(C)(C)C)c(O)c(P(=O)(O)O)c1. The van der Waals surface area contributed by atoms with E-state index >= 15 is 0 Å². The van der Waals surface area contributed by atoms with Gasteiger partial charge in [-0.2, -0.15) is 0 Å². The topological polar surface area (TPSA) is 77.8 Å². The molecule has 19 heavy (non-hydrogen) atoms. The van der Waals surface area contributed by atoms with Gasteiger partial charge in [-0.1, -0.05) is 47.6 Å². The van der Waals surface area contributed by atoms with Gasteiger partial charge in [0.15, 0.2) is 0 Å². The number of rotatable bonds is 1. The zero-order valence-corrected chi connectivity index (χ0v) is 13.2. The van der Waals surface area contributed by atoms with Crippen molar-refractivity contribution in [2.45, 2.75) is 52.4 Å². The molecule has 4 nitrogen and oxygen atoms in total. The molecule has 0 aliphatic carbocycles. The minimum atomic E-state index is -4.50. The summed E-state index contributed by atoms with van der Waals surface area (Å²) in [7, 11) is -4.50. The van der Waals surface area contributed by atoms with Crippen LogP contribution >= 0.6 is 7.60 Å². The van der Waals surface area contributed by atoms with Crippen LogP contribution in [0.2, 0.25) is 0 Å². The fraction of sp³-hybridized carbons (Fsp3) is 0.571. The van der Waals surface area contributed by atoms with Crippen molar-refractivity contribution in [2.24, 2.45) is 0 Å². The lowest BCUT2D eigenvalue weighted by Gasteiger charge is -2.27. The molecule has 0 fully saturated rings. The van der Waals surface area contributed by atoms with Crippen molar-refractivity contribution < 1.29 is 19.5 Å². The molecule has 5 heteroatoms. The average molecular weight is 286 g/mol. The predicted octanol–water partition coefficient (Wildman–Crippen LogP) is 2.79. The third kappa shape index (κ3) is 3.59. The van der Waals surface area contributed by atoms with Crippen LogP contribution in [0.4, 0.5) is 0 Å². The van der Waals surface area contributed by atoms with E-state index in [9.17, 15) is 19.5 Å². The molecule has 1 aromatic rings. The Bertz CT molecular complexity index is 530. The molecule has 0 amide bonds. The lowest BCUT2D eigenvalue weighted by atomic mass is 9.80. The minimum Gasteiger partial charge on any atom is -0.507 e. The molecule has 0 saturated heterocycles. The molecular weight excluding hydrogens is 263 g/mol. The van der Waals surface area contributed by atoms with Crippen molar-refractivity contribution in [2.75, 3.05) is 0 Å². The van der Waals surface area contributed by atoms with Gasteiger partial charge in [0, 0.05) is 5.56 Å². The molecule has 0 saturated carbocycles. The van der Waals surface area contributed by atoms with Crippen molar-refractivity contribution in [1.82, 2.24) is 0 Å². The van der Waals surface area contributed by atoms with Crippen LogP contribution in [0.25, 0.3) is 0 Å². The third-order valence-electron chi connectivity index (χ3n) is 3.08. The lowest BCUT2D eigenvalue weighted by molar-refractivity contribution is 0.383. The smallest absolute Gasteiger partial charge is 0.359 e. The lowest BCUT2D eigenvalue weighted by Crippen LogP contribution is -2.21. The summed E-state index contributed by atoms with van der Waals surface area (Å²) in [5.41, 5.74) is 0.708. The Hall–Kier alpha value is -0.830. The Morgan fingerprint density at radius 1 is 0.947 bits per heavy atom. The Morgan fingerprint density at radius 3 is 1.74 bits per heavy atom. The van der Waals surface area contributed by atoms with E-state index in [4.69, 9.17) is 0 Å². The zero-order chi connectivity index (χ0) is 15.2. The normalized spacial score (nSPS) is 13.7. The van der Waals surface area contributed by atoms with E-state index in [1.54, 1.807) is 0 Å². The average Bonchev–Trinajstić information content (AvgIpc) is 2.11. The maximum atomic E-state index is 11.5. The number of hydrogen-bond donors (Lipinski definition) is 3. The van der Waals surface area contributed by atoms with Crippen molar-refractivity contribution >= 4 is 12.9 Å². The van der Waals surface area contributed by atoms with Crippen LogP contribution in [0.3, 0.4) is 0 Å². The largest absolute Gasteiger partial charge is 0.507 e. The fourth-order valence-corrected chi connectivity index (χ4v) is 2.55. The van der Waals surface area contributed by atoms with Crippen molar-refractivity contribution in [3.8, 4) is 5.75 Å². The molecule has 3 N–H and O–H groups in total. The van der Waals surface area contributed by atoms with E-state index in [1.807, 2.05) is 47.6 Å². The zero-order valence-electron chi connectivity index (χ0n) is 12.4. The molecule has 0 bridgehead atoms. The molecule has 1 rings (SSSR count). The highest BCUT2D eigenvalue weighted by Gasteiger charge is 2.31. The van der Waals surface area contributed by atoms with Gasteiger partial charge in [-0.05, 0) is 22.5 Å². The maximum Gasteiger partial charge on any atom is 0.359 e. The van der Waals surface area contributed by atoms with Crippen LogP contribution in [-0.2, 0) is 15.4 Å². The first-order valence-electron chi connectivity index (χ1n) is 6.18. The Balaban J connectivity index is 3.73. The molecule has 0 atom stereocenters. The molecule has 0 unspecified atom stereocenters. The van der Waals surface area contributed by atoms with Crippen LogP contribution in [0.5, 0.6) is 5.75 Å². The fourth-order valence-electron chi connectivity index (χ4n) is 1.85. The molecule has 0 heterocycles. The Labute approximate surface area is 114 Å². The molecule has 0 aliphatic heterocycles. The van der Waals surface area contributed by atoms with Crippen LogP contribution in [0.1, 0.15) is 52.7 Å². The highest BCUT2D eigenvalue weighted by atomic mass is 31.2. The second-order valence-corrected chi connectivity index (χ2v) is 8.51. The molecular formula is C14H23O4P. The van der Waals surface area contributed by atoms with Gasteiger partial charge in [0.1, 0.15) is 11.1 Å². The monoisotopic (exact) mass is 286 g/mol. The molecule has 1 aromatic carbocycles. The molecule has 0 radical (unpaired) electrons. The van der Waals surface area contributed by atoms with Crippen molar-refractivity contribution in [3.63, 3.8) is 0 Å². The summed E-state index contributed by atoms with van der Waals surface area (Å²) < 4.78 is 11.5. The van der Waals surface area contributed by atoms with E-state index in [-0.39, 0.29) is 16.5 Å². The van der Waals surface area contributed by atoms with Gasteiger partial charge >= 0.3 is 7.60 Å². The molecule has 0 aromatic heterocycles. The summed E-state index contributed by atoms with van der Waals surface area (Å²) in [6.07, 6.45) is 0. The first-order chi connectivity index (χ1) is 8.24. The highest BCUT2D eigenvalue weighted by molar-refractivity contribution is 7.60. The van der Waals surface area contributed by atoms with E-state index < -0.39 is 13.0 Å². The van der Waals surface area contributed by atoms with Gasteiger partial charge < -0.3 is 14.9 Å². The molecule has 0 spiro atoms. The summed E-state index contributed by atoms with van der Waals surface area (Å²) in [5.74, 6) is -0.297. The number of hydrogen-bond acceptors (Lipinski definition) is 2. The maximum absolute atomic E-state index is 11.5. The Morgan fingerprint density at radius 2 is 1.42 bits per heavy atom. The summed E-state index contributed by atoms with van der Waals surface area (Å²) in [4.78, 5) is 18.8. The first-order valence-corrected chi connectivity index (χ1v) is 7.80. The standard InChI is InChI=1S/C14H23O4P/c1-13(2,3)9-7-10(14(4,5)6)12(15)11(8-9)19(16,17)18/h7-8,15H,1-6H3,(H2,16,17,18). The number of aromatic hydroxyl groups is 1. The Kier molecular flexibility index (Phi) is 3.95. The minimum absolute atomic E-state index is 0.252. The van der Waals surface area contributed by atoms with E-state index in [0.717, 1.165) is 5.56 Å². The highest BCUT2D eigenvalue weighted by Crippen LogP contribution is 2.43. The van der Waals surface area contributed by atoms with Crippen molar-refractivity contribution in [3.05, 3.63) is 23.3 Å². The second kappa shape index (κ2) is 4.62. The van der Waals surface area contributed by atoms with Gasteiger partial charge in [-0.15, -0.1) is 0 Å². The van der Waals surface area contributed by atoms with E-state index in [0.29, 0.717) is 5.56 Å². The predicted molar refractivity (Wildman–Crippen MR) is 77.2 cm³/mol. The summed E-state index contributed by atoms with van der Waals surface area (Å²) >= 11 is 0. The number of phenols is 1. The van der Waals surface area contributed by atoms with Gasteiger partial charge in [-0.25, -0.2) is 0 Å². The van der Waals surface area contributed by atoms with Crippen LogP contribution in [0, 0.1) is 0 Å². The summed E-state index contributed by atoms with van der Waals surface area (Å²) in [6.45, 7) is 11.6. The van der Waals surface area contributed by atoms with E-state index in [1.165, 1.54) is 6.07 Å². The quantitative estimate of drug-likeness (QED) is 0.694. The molecule has 0 aliphatic rings. The third-order valence-corrected chi connectivity index (χ3v) is 4.05. The second-order valence-electron chi connectivity index (χ2n) is 6.94. The summed E-state index contributed by atoms with van der Waals surface area (Å²) in [5, 5.41) is 9.87. The van der Waals surface area contributed by atoms with Gasteiger partial charge in [0.25, 0.3) is 0 Å². The van der Waals surface area contributed by atoms with Gasteiger partial charge in [0.2, 0.25) is 0 Å². The number of benzene rings is 1. The molecule has 108 valence electrons. The first kappa shape index (κ1) is 16.2. The van der Waals surface area contributed by atoms with Gasteiger partial charge in [0.05, 0.1) is 0 Å². The van der Waals surface area contributed by atoms with Gasteiger partial charge in [-0.3, -0.25) is 4.57 Å². The number of phenolic OH excluding ortho intramolecular Hbond substituents is 1. The van der Waals surface area contributed by atoms with Crippen LogP contribution in [0.15, 0.2) is 12.1 Å².